The van der Waals surface area contributed by atoms with Crippen LogP contribution in [0.25, 0.3) is 0 Å². The SMILES string of the molecule is CC(C)(C)SCC[C@@H]1CCCCN1. The summed E-state index contributed by atoms with van der Waals surface area (Å²) in [7, 11) is 0. The van der Waals surface area contributed by atoms with Gasteiger partial charge in [-0.15, -0.1) is 0 Å². The van der Waals surface area contributed by atoms with Gasteiger partial charge in [0.1, 0.15) is 0 Å². The first-order valence-corrected chi connectivity index (χ1v) is 6.44. The average molecular weight is 201 g/mol. The summed E-state index contributed by atoms with van der Waals surface area (Å²) in [5.74, 6) is 1.31. The third-order valence-electron chi connectivity index (χ3n) is 2.41. The second-order valence-corrected chi connectivity index (χ2v) is 6.82. The Kier molecular flexibility index (Phi) is 4.60. The molecule has 0 unspecified atom stereocenters. The zero-order chi connectivity index (χ0) is 9.73. The predicted molar refractivity (Wildman–Crippen MR) is 62.5 cm³/mol. The molecule has 1 heterocycles. The molecule has 1 aliphatic heterocycles. The van der Waals surface area contributed by atoms with Crippen LogP contribution >= 0.6 is 11.8 Å². The van der Waals surface area contributed by atoms with Gasteiger partial charge in [-0.1, -0.05) is 27.2 Å². The molecule has 0 spiro atoms. The zero-order valence-electron chi connectivity index (χ0n) is 9.23. The molecule has 0 aromatic heterocycles. The standard InChI is InChI=1S/C11H23NS/c1-11(2,3)13-9-7-10-6-4-5-8-12-10/h10,12H,4-9H2,1-3H3/t10-/m0/s1. The van der Waals surface area contributed by atoms with Crippen LogP contribution in [0.3, 0.4) is 0 Å². The van der Waals surface area contributed by atoms with Gasteiger partial charge in [0.25, 0.3) is 0 Å². The lowest BCUT2D eigenvalue weighted by Crippen LogP contribution is -2.34. The Morgan fingerprint density at radius 2 is 2.08 bits per heavy atom. The van der Waals surface area contributed by atoms with Crippen molar-refractivity contribution in [2.24, 2.45) is 0 Å². The van der Waals surface area contributed by atoms with E-state index in [9.17, 15) is 0 Å². The molecule has 0 amide bonds. The van der Waals surface area contributed by atoms with Gasteiger partial charge in [0.15, 0.2) is 0 Å². The predicted octanol–water partition coefficient (Wildman–Crippen LogP) is 3.05. The van der Waals surface area contributed by atoms with Crippen LogP contribution in [0.15, 0.2) is 0 Å². The van der Waals surface area contributed by atoms with Crippen molar-refractivity contribution in [2.45, 2.75) is 57.2 Å². The van der Waals surface area contributed by atoms with Crippen molar-refractivity contribution >= 4 is 11.8 Å². The van der Waals surface area contributed by atoms with E-state index < -0.39 is 0 Å². The van der Waals surface area contributed by atoms with Crippen molar-refractivity contribution in [2.75, 3.05) is 12.3 Å². The van der Waals surface area contributed by atoms with E-state index >= 15 is 0 Å². The van der Waals surface area contributed by atoms with Crippen LogP contribution in [-0.2, 0) is 0 Å². The second kappa shape index (κ2) is 5.26. The number of hydrogen-bond acceptors (Lipinski definition) is 2. The summed E-state index contributed by atoms with van der Waals surface area (Å²) in [4.78, 5) is 0. The van der Waals surface area contributed by atoms with Crippen molar-refractivity contribution in [3.05, 3.63) is 0 Å². The molecule has 1 fully saturated rings. The maximum absolute atomic E-state index is 3.59. The Morgan fingerprint density at radius 1 is 1.31 bits per heavy atom. The molecule has 0 bridgehead atoms. The topological polar surface area (TPSA) is 12.0 Å². The Hall–Kier alpha value is 0.310. The lowest BCUT2D eigenvalue weighted by Gasteiger charge is -2.25. The molecule has 13 heavy (non-hydrogen) atoms. The van der Waals surface area contributed by atoms with Gasteiger partial charge in [0, 0.05) is 10.8 Å². The maximum atomic E-state index is 3.59. The highest BCUT2D eigenvalue weighted by atomic mass is 32.2. The normalized spacial score (nSPS) is 24.7. The van der Waals surface area contributed by atoms with Crippen molar-refractivity contribution in [1.82, 2.24) is 5.32 Å². The molecule has 1 nitrogen and oxygen atoms in total. The first kappa shape index (κ1) is 11.4. The minimum Gasteiger partial charge on any atom is -0.314 e. The molecule has 0 saturated carbocycles. The molecular weight excluding hydrogens is 178 g/mol. The van der Waals surface area contributed by atoms with Crippen molar-refractivity contribution in [3.63, 3.8) is 0 Å². The van der Waals surface area contributed by atoms with Crippen LogP contribution in [0, 0.1) is 0 Å². The molecule has 1 rings (SSSR count). The zero-order valence-corrected chi connectivity index (χ0v) is 10.0. The highest BCUT2D eigenvalue weighted by Crippen LogP contribution is 2.25. The van der Waals surface area contributed by atoms with E-state index in [0.29, 0.717) is 4.75 Å². The van der Waals surface area contributed by atoms with E-state index in [-0.39, 0.29) is 0 Å². The smallest absolute Gasteiger partial charge is 0.00751 e. The Balaban J connectivity index is 2.04. The minimum atomic E-state index is 0.439. The van der Waals surface area contributed by atoms with Crippen LogP contribution in [0.1, 0.15) is 46.5 Å². The van der Waals surface area contributed by atoms with Gasteiger partial charge < -0.3 is 5.32 Å². The van der Waals surface area contributed by atoms with E-state index in [1.165, 1.54) is 38.0 Å². The third-order valence-corrected chi connectivity index (χ3v) is 3.72. The van der Waals surface area contributed by atoms with Crippen LogP contribution in [0.2, 0.25) is 0 Å². The summed E-state index contributed by atoms with van der Waals surface area (Å²) in [6.07, 6.45) is 5.55. The van der Waals surface area contributed by atoms with E-state index in [0.717, 1.165) is 6.04 Å². The molecule has 78 valence electrons. The van der Waals surface area contributed by atoms with Gasteiger partial charge in [-0.05, 0) is 31.6 Å². The molecule has 2 heteroatoms. The first-order valence-electron chi connectivity index (χ1n) is 5.45. The minimum absolute atomic E-state index is 0.439. The van der Waals surface area contributed by atoms with E-state index in [2.05, 4.69) is 37.8 Å². The second-order valence-electron chi connectivity index (χ2n) is 4.90. The highest BCUT2D eigenvalue weighted by Gasteiger charge is 2.14. The maximum Gasteiger partial charge on any atom is 0.00751 e. The largest absolute Gasteiger partial charge is 0.314 e. The summed E-state index contributed by atoms with van der Waals surface area (Å²) < 4.78 is 0.439. The summed E-state index contributed by atoms with van der Waals surface area (Å²) in [5.41, 5.74) is 0. The molecule has 0 aliphatic carbocycles. The fourth-order valence-corrected chi connectivity index (χ4v) is 2.69. The van der Waals surface area contributed by atoms with Crippen molar-refractivity contribution < 1.29 is 0 Å². The first-order chi connectivity index (χ1) is 6.08. The van der Waals surface area contributed by atoms with Crippen LogP contribution in [-0.4, -0.2) is 23.1 Å². The number of hydrogen-bond donors (Lipinski definition) is 1. The molecule has 1 saturated heterocycles. The number of thioether (sulfide) groups is 1. The van der Waals surface area contributed by atoms with Crippen molar-refractivity contribution in [3.8, 4) is 0 Å². The van der Waals surface area contributed by atoms with E-state index in [4.69, 9.17) is 0 Å². The van der Waals surface area contributed by atoms with Gasteiger partial charge >= 0.3 is 0 Å². The number of piperidine rings is 1. The Labute approximate surface area is 87.1 Å². The molecule has 1 N–H and O–H groups in total. The van der Waals surface area contributed by atoms with Crippen LogP contribution < -0.4 is 5.32 Å². The van der Waals surface area contributed by atoms with Gasteiger partial charge in [0.05, 0.1) is 0 Å². The Morgan fingerprint density at radius 3 is 2.62 bits per heavy atom. The fraction of sp³-hybridized carbons (Fsp3) is 1.00. The van der Waals surface area contributed by atoms with Crippen molar-refractivity contribution in [1.29, 1.82) is 0 Å². The quantitative estimate of drug-likeness (QED) is 0.753. The summed E-state index contributed by atoms with van der Waals surface area (Å²) >= 11 is 2.09. The van der Waals surface area contributed by atoms with Crippen LogP contribution in [0.4, 0.5) is 0 Å². The molecular formula is C11H23NS. The Bertz CT molecular complexity index is 134. The lowest BCUT2D eigenvalue weighted by molar-refractivity contribution is 0.394. The van der Waals surface area contributed by atoms with Gasteiger partial charge in [0.2, 0.25) is 0 Å². The monoisotopic (exact) mass is 201 g/mol. The number of nitrogens with one attached hydrogen (secondary N) is 1. The average Bonchev–Trinajstić information content (AvgIpc) is 2.04. The van der Waals surface area contributed by atoms with E-state index in [1.807, 2.05) is 0 Å². The summed E-state index contributed by atoms with van der Waals surface area (Å²) in [6.45, 7) is 8.13. The third kappa shape index (κ3) is 5.58. The van der Waals surface area contributed by atoms with Gasteiger partial charge in [-0.25, -0.2) is 0 Å². The summed E-state index contributed by atoms with van der Waals surface area (Å²) in [6, 6.07) is 0.809. The molecule has 0 radical (unpaired) electrons. The molecule has 1 atom stereocenters. The van der Waals surface area contributed by atoms with Gasteiger partial charge in [-0.3, -0.25) is 0 Å². The molecule has 1 aliphatic rings. The lowest BCUT2D eigenvalue weighted by atomic mass is 10.0. The van der Waals surface area contributed by atoms with Gasteiger partial charge in [-0.2, -0.15) is 11.8 Å². The van der Waals surface area contributed by atoms with Crippen LogP contribution in [0.5, 0.6) is 0 Å². The molecule has 0 aromatic carbocycles. The summed E-state index contributed by atoms with van der Waals surface area (Å²) in [5, 5.41) is 3.59. The van der Waals surface area contributed by atoms with E-state index in [1.54, 1.807) is 0 Å². The molecule has 0 aromatic rings. The number of rotatable bonds is 3. The fourth-order valence-electron chi connectivity index (χ4n) is 1.68. The highest BCUT2D eigenvalue weighted by molar-refractivity contribution is 8.00.